The zero-order chi connectivity index (χ0) is 21.6. The van der Waals surface area contributed by atoms with Crippen LogP contribution in [-0.4, -0.2) is 45.3 Å². The third kappa shape index (κ3) is 3.64. The highest BCUT2D eigenvalue weighted by atomic mass is 32.2. The third-order valence-electron chi connectivity index (χ3n) is 6.01. The molecule has 1 amide bonds. The number of sulfone groups is 1. The van der Waals surface area contributed by atoms with Crippen LogP contribution in [-0.2, 0) is 25.8 Å². The molecule has 2 aliphatic rings. The maximum atomic E-state index is 14.4. The molecule has 0 spiro atoms. The number of carbonyl (C=O) groups excluding carboxylic acids is 1. The summed E-state index contributed by atoms with van der Waals surface area (Å²) in [5.41, 5.74) is 1.84. The predicted molar refractivity (Wildman–Crippen MR) is 109 cm³/mol. The minimum Gasteiger partial charge on any atom is -0.392 e. The minimum atomic E-state index is -3.99. The standard InChI is InChI=1S/C22H24FNO5S/c1-13-22(20(25)7-8-29-13)15-9-16(23)12-18(11-15)30(27,28)17-4-5-19-14(10-17)3-6-21(26)24(19)2/h4-5,9-13,20,22,25H,3,6-8H2,1-2H3. The van der Waals surface area contributed by atoms with Crippen molar-refractivity contribution in [1.82, 2.24) is 0 Å². The Kier molecular flexibility index (Phi) is 5.42. The topological polar surface area (TPSA) is 83.9 Å². The van der Waals surface area contributed by atoms with Crippen molar-refractivity contribution < 1.29 is 27.4 Å². The molecule has 160 valence electrons. The number of rotatable bonds is 3. The van der Waals surface area contributed by atoms with Gasteiger partial charge in [-0.3, -0.25) is 4.79 Å². The molecule has 2 heterocycles. The Balaban J connectivity index is 1.75. The average Bonchev–Trinajstić information content (AvgIpc) is 2.70. The first-order valence-electron chi connectivity index (χ1n) is 9.93. The van der Waals surface area contributed by atoms with E-state index < -0.39 is 27.7 Å². The summed E-state index contributed by atoms with van der Waals surface area (Å²) in [5, 5.41) is 10.4. The quantitative estimate of drug-likeness (QED) is 0.805. The van der Waals surface area contributed by atoms with E-state index in [9.17, 15) is 22.7 Å². The Bertz CT molecular complexity index is 1090. The molecule has 1 saturated heterocycles. The molecule has 0 aliphatic carbocycles. The minimum absolute atomic E-state index is 0.0183. The van der Waals surface area contributed by atoms with Crippen molar-refractivity contribution in [2.45, 2.75) is 54.1 Å². The number of nitrogens with zero attached hydrogens (tertiary/aromatic N) is 1. The van der Waals surface area contributed by atoms with E-state index in [0.717, 1.165) is 11.6 Å². The van der Waals surface area contributed by atoms with Crippen molar-refractivity contribution in [3.05, 3.63) is 53.3 Å². The zero-order valence-corrected chi connectivity index (χ0v) is 17.7. The van der Waals surface area contributed by atoms with Gasteiger partial charge in [0.1, 0.15) is 5.82 Å². The first-order valence-corrected chi connectivity index (χ1v) is 11.4. The maximum absolute atomic E-state index is 14.4. The number of fused-ring (bicyclic) bond motifs is 1. The van der Waals surface area contributed by atoms with Crippen molar-refractivity contribution in [2.75, 3.05) is 18.6 Å². The van der Waals surface area contributed by atoms with Gasteiger partial charge in [-0.1, -0.05) is 0 Å². The van der Waals surface area contributed by atoms with Crippen molar-refractivity contribution >= 4 is 21.4 Å². The van der Waals surface area contributed by atoms with E-state index in [-0.39, 0.29) is 21.8 Å². The van der Waals surface area contributed by atoms with Crippen molar-refractivity contribution in [3.8, 4) is 0 Å². The van der Waals surface area contributed by atoms with E-state index in [0.29, 0.717) is 37.1 Å². The highest BCUT2D eigenvalue weighted by Crippen LogP contribution is 2.35. The van der Waals surface area contributed by atoms with Crippen LogP contribution in [0.2, 0.25) is 0 Å². The zero-order valence-electron chi connectivity index (χ0n) is 16.8. The van der Waals surface area contributed by atoms with Gasteiger partial charge in [-0.25, -0.2) is 12.8 Å². The first-order chi connectivity index (χ1) is 14.2. The summed E-state index contributed by atoms with van der Waals surface area (Å²) in [6, 6.07) is 8.28. The number of aryl methyl sites for hydroxylation is 1. The average molecular weight is 434 g/mol. The van der Waals surface area contributed by atoms with Gasteiger partial charge >= 0.3 is 0 Å². The van der Waals surface area contributed by atoms with E-state index in [4.69, 9.17) is 4.74 Å². The Labute approximate surface area is 175 Å². The van der Waals surface area contributed by atoms with E-state index in [1.54, 1.807) is 26.1 Å². The summed E-state index contributed by atoms with van der Waals surface area (Å²) in [6.45, 7) is 2.19. The van der Waals surface area contributed by atoms with Crippen molar-refractivity contribution in [3.63, 3.8) is 0 Å². The molecular formula is C22H24FNO5S. The van der Waals surface area contributed by atoms with Gasteiger partial charge in [0.05, 0.1) is 22.0 Å². The molecule has 0 saturated carbocycles. The van der Waals surface area contributed by atoms with Crippen LogP contribution in [0.4, 0.5) is 10.1 Å². The second-order valence-corrected chi connectivity index (χ2v) is 9.87. The molecular weight excluding hydrogens is 409 g/mol. The number of benzene rings is 2. The number of aliphatic hydroxyl groups excluding tert-OH is 1. The number of halogens is 1. The van der Waals surface area contributed by atoms with E-state index in [2.05, 4.69) is 0 Å². The van der Waals surface area contributed by atoms with E-state index in [1.165, 1.54) is 23.1 Å². The SMILES string of the molecule is CC1OCCC(O)C1c1cc(F)cc(S(=O)(=O)c2ccc3c(c2)CCC(=O)N3C)c1. The molecule has 2 aromatic carbocycles. The Morgan fingerprint density at radius 3 is 2.63 bits per heavy atom. The molecule has 0 bridgehead atoms. The van der Waals surface area contributed by atoms with Crippen LogP contribution in [0.5, 0.6) is 0 Å². The second kappa shape index (κ2) is 7.76. The summed E-state index contributed by atoms with van der Waals surface area (Å²) < 4.78 is 46.6. The van der Waals surface area contributed by atoms with Crippen LogP contribution in [0.25, 0.3) is 0 Å². The summed E-state index contributed by atoms with van der Waals surface area (Å²) in [7, 11) is -2.33. The number of amides is 1. The third-order valence-corrected chi connectivity index (χ3v) is 7.74. The van der Waals surface area contributed by atoms with Crippen LogP contribution in [0.1, 0.15) is 36.8 Å². The molecule has 2 aliphatic heterocycles. The summed E-state index contributed by atoms with van der Waals surface area (Å²) in [6.07, 6.45) is 0.0874. The van der Waals surface area contributed by atoms with Crippen LogP contribution in [0.3, 0.4) is 0 Å². The molecule has 4 rings (SSSR count). The van der Waals surface area contributed by atoms with Gasteiger partial charge in [-0.05, 0) is 67.3 Å². The fraction of sp³-hybridized carbons (Fsp3) is 0.409. The second-order valence-electron chi connectivity index (χ2n) is 7.92. The van der Waals surface area contributed by atoms with Crippen LogP contribution in [0.15, 0.2) is 46.2 Å². The lowest BCUT2D eigenvalue weighted by Gasteiger charge is -2.34. The molecule has 8 heteroatoms. The highest BCUT2D eigenvalue weighted by molar-refractivity contribution is 7.91. The maximum Gasteiger partial charge on any atom is 0.227 e. The Morgan fingerprint density at radius 2 is 1.90 bits per heavy atom. The first kappa shape index (κ1) is 21.0. The largest absolute Gasteiger partial charge is 0.392 e. The number of aliphatic hydroxyl groups is 1. The molecule has 3 unspecified atom stereocenters. The Hall–Kier alpha value is -2.29. The fourth-order valence-corrected chi connectivity index (χ4v) is 5.71. The normalized spacial score (nSPS) is 24.6. The smallest absolute Gasteiger partial charge is 0.227 e. The summed E-state index contributed by atoms with van der Waals surface area (Å²) in [5.74, 6) is -1.21. The highest BCUT2D eigenvalue weighted by Gasteiger charge is 2.33. The molecule has 1 N–H and O–H groups in total. The van der Waals surface area contributed by atoms with Gasteiger partial charge in [0.15, 0.2) is 0 Å². The molecule has 0 radical (unpaired) electrons. The van der Waals surface area contributed by atoms with E-state index in [1.807, 2.05) is 0 Å². The van der Waals surface area contributed by atoms with Gasteiger partial charge in [0.2, 0.25) is 15.7 Å². The van der Waals surface area contributed by atoms with Gasteiger partial charge in [-0.15, -0.1) is 0 Å². The Morgan fingerprint density at radius 1 is 1.13 bits per heavy atom. The number of anilines is 1. The van der Waals surface area contributed by atoms with Crippen molar-refractivity contribution in [1.29, 1.82) is 0 Å². The van der Waals surface area contributed by atoms with Gasteiger partial charge in [0, 0.05) is 31.7 Å². The van der Waals surface area contributed by atoms with Crippen LogP contribution < -0.4 is 4.90 Å². The molecule has 0 aromatic heterocycles. The number of hydrogen-bond acceptors (Lipinski definition) is 5. The predicted octanol–water partition coefficient (Wildman–Crippen LogP) is 2.82. The molecule has 30 heavy (non-hydrogen) atoms. The fourth-order valence-electron chi connectivity index (χ4n) is 4.33. The molecule has 6 nitrogen and oxygen atoms in total. The van der Waals surface area contributed by atoms with Gasteiger partial charge in [-0.2, -0.15) is 0 Å². The van der Waals surface area contributed by atoms with Gasteiger partial charge in [0.25, 0.3) is 0 Å². The number of carbonyl (C=O) groups is 1. The summed E-state index contributed by atoms with van der Waals surface area (Å²) >= 11 is 0. The lowest BCUT2D eigenvalue weighted by atomic mass is 9.86. The lowest BCUT2D eigenvalue weighted by molar-refractivity contribution is -0.118. The van der Waals surface area contributed by atoms with Crippen molar-refractivity contribution in [2.24, 2.45) is 0 Å². The van der Waals surface area contributed by atoms with Crippen LogP contribution in [0, 0.1) is 5.82 Å². The molecule has 1 fully saturated rings. The monoisotopic (exact) mass is 433 g/mol. The number of ether oxygens (including phenoxy) is 1. The molecule has 3 atom stereocenters. The lowest BCUT2D eigenvalue weighted by Crippen LogP contribution is -2.36. The van der Waals surface area contributed by atoms with E-state index >= 15 is 0 Å². The summed E-state index contributed by atoms with van der Waals surface area (Å²) in [4.78, 5) is 13.3. The van der Waals surface area contributed by atoms with Crippen LogP contribution >= 0.6 is 0 Å². The number of hydrogen-bond donors (Lipinski definition) is 1. The molecule has 2 aromatic rings. The van der Waals surface area contributed by atoms with Gasteiger partial charge < -0.3 is 14.7 Å².